The molecule has 132 valence electrons. The monoisotopic (exact) mass is 347 g/mol. The van der Waals surface area contributed by atoms with Crippen molar-refractivity contribution in [3.8, 4) is 0 Å². The lowest BCUT2D eigenvalue weighted by Crippen LogP contribution is -2.83. The van der Waals surface area contributed by atoms with E-state index in [4.69, 9.17) is 4.42 Å². The average molecular weight is 347 g/mol. The van der Waals surface area contributed by atoms with Crippen molar-refractivity contribution in [2.45, 2.75) is 26.8 Å². The first-order chi connectivity index (χ1) is 12.6. The zero-order valence-electron chi connectivity index (χ0n) is 15.1. The Morgan fingerprint density at radius 2 is 1.81 bits per heavy atom. The summed E-state index contributed by atoms with van der Waals surface area (Å²) in [5, 5.41) is 4.58. The first-order valence-electron chi connectivity index (χ1n) is 9.02. The van der Waals surface area contributed by atoms with Gasteiger partial charge in [-0.3, -0.25) is 0 Å². The van der Waals surface area contributed by atoms with Gasteiger partial charge >= 0.3 is 5.63 Å². The molecule has 0 fully saturated rings. The minimum Gasteiger partial charge on any atom is -0.423 e. The van der Waals surface area contributed by atoms with E-state index in [-0.39, 0.29) is 5.63 Å². The van der Waals surface area contributed by atoms with Crippen LogP contribution in [0.5, 0.6) is 0 Å². The van der Waals surface area contributed by atoms with E-state index in [1.807, 2.05) is 19.1 Å². The van der Waals surface area contributed by atoms with E-state index in [0.29, 0.717) is 5.58 Å². The fraction of sp³-hybridized carbons (Fsp3) is 0.227. The summed E-state index contributed by atoms with van der Waals surface area (Å²) in [6.45, 7) is 5.86. The first-order valence-corrected chi connectivity index (χ1v) is 9.02. The topological polar surface area (TPSA) is 62.6 Å². The molecule has 2 aromatic carbocycles. The van der Waals surface area contributed by atoms with Gasteiger partial charge in [0.2, 0.25) is 0 Å². The first kappa shape index (κ1) is 16.6. The third-order valence-corrected chi connectivity index (χ3v) is 5.10. The van der Waals surface area contributed by atoms with Crippen LogP contribution in [0.15, 0.2) is 57.9 Å². The molecule has 0 saturated heterocycles. The molecular formula is C22H23N2O2+. The molecule has 4 aromatic rings. The molecule has 2 heterocycles. The molecule has 0 aliphatic rings. The molecule has 2 aromatic heterocycles. The maximum Gasteiger partial charge on any atom is 0.336 e. The van der Waals surface area contributed by atoms with Gasteiger partial charge in [0.15, 0.2) is 0 Å². The molecule has 0 unspecified atom stereocenters. The number of nitrogens with one attached hydrogen (secondary N) is 1. The van der Waals surface area contributed by atoms with Gasteiger partial charge < -0.3 is 14.7 Å². The Kier molecular flexibility index (Phi) is 4.35. The second-order valence-electron chi connectivity index (χ2n) is 6.91. The average Bonchev–Trinajstić information content (AvgIpc) is 3.03. The smallest absolute Gasteiger partial charge is 0.336 e. The Morgan fingerprint density at radius 1 is 1.00 bits per heavy atom. The van der Waals surface area contributed by atoms with E-state index in [1.54, 1.807) is 6.07 Å². The van der Waals surface area contributed by atoms with Crippen LogP contribution in [0, 0.1) is 13.8 Å². The van der Waals surface area contributed by atoms with Crippen molar-refractivity contribution in [1.29, 1.82) is 0 Å². The number of benzene rings is 2. The SMILES string of the molecule is Cc1cc2oc(=O)cc(C[NH2+]CCc3c[nH]c4ccccc34)c2cc1C. The minimum absolute atomic E-state index is 0.277. The summed E-state index contributed by atoms with van der Waals surface area (Å²) < 4.78 is 5.38. The number of fused-ring (bicyclic) bond motifs is 2. The molecule has 0 atom stereocenters. The molecule has 0 radical (unpaired) electrons. The Morgan fingerprint density at radius 3 is 2.69 bits per heavy atom. The summed E-state index contributed by atoms with van der Waals surface area (Å²) in [4.78, 5) is 15.2. The summed E-state index contributed by atoms with van der Waals surface area (Å²) in [6.07, 6.45) is 3.08. The van der Waals surface area contributed by atoms with Crippen molar-refractivity contribution < 1.29 is 9.73 Å². The molecule has 26 heavy (non-hydrogen) atoms. The molecule has 0 saturated carbocycles. The van der Waals surface area contributed by atoms with Gasteiger partial charge in [0.25, 0.3) is 0 Å². The third kappa shape index (κ3) is 3.16. The summed E-state index contributed by atoms with van der Waals surface area (Å²) >= 11 is 0. The second kappa shape index (κ2) is 6.81. The number of aryl methyl sites for hydroxylation is 2. The molecule has 4 rings (SSSR count). The number of quaternary nitrogens is 1. The van der Waals surface area contributed by atoms with Crippen molar-refractivity contribution in [1.82, 2.24) is 4.98 Å². The predicted molar refractivity (Wildman–Crippen MR) is 104 cm³/mol. The molecule has 0 aliphatic heterocycles. The molecular weight excluding hydrogens is 324 g/mol. The van der Waals surface area contributed by atoms with E-state index < -0.39 is 0 Å². The highest BCUT2D eigenvalue weighted by Gasteiger charge is 2.10. The van der Waals surface area contributed by atoms with Gasteiger partial charge in [0.05, 0.1) is 6.54 Å². The normalized spacial score (nSPS) is 11.5. The Labute approximate surface area is 151 Å². The van der Waals surface area contributed by atoms with Crippen LogP contribution in [0.3, 0.4) is 0 Å². The standard InChI is InChI=1S/C22H22N2O2/c1-14-9-19-17(11-22(25)26-21(19)10-15(14)2)12-23-8-7-16-13-24-20-6-4-3-5-18(16)20/h3-6,9-11,13,23-24H,7-8,12H2,1-2H3/p+1. The highest BCUT2D eigenvalue weighted by atomic mass is 16.4. The summed E-state index contributed by atoms with van der Waals surface area (Å²) in [5.41, 5.74) is 6.31. The molecule has 0 bridgehead atoms. The molecule has 0 amide bonds. The van der Waals surface area contributed by atoms with Crippen LogP contribution < -0.4 is 10.9 Å². The van der Waals surface area contributed by atoms with E-state index in [2.05, 4.69) is 47.7 Å². The number of aromatic nitrogens is 1. The number of nitrogens with two attached hydrogens (primary N) is 1. The van der Waals surface area contributed by atoms with Crippen LogP contribution in [0.25, 0.3) is 21.9 Å². The second-order valence-corrected chi connectivity index (χ2v) is 6.91. The van der Waals surface area contributed by atoms with Gasteiger partial charge in [-0.1, -0.05) is 18.2 Å². The Balaban J connectivity index is 1.49. The van der Waals surface area contributed by atoms with Gasteiger partial charge in [-0.2, -0.15) is 0 Å². The highest BCUT2D eigenvalue weighted by molar-refractivity contribution is 5.83. The Hall–Kier alpha value is -2.85. The van der Waals surface area contributed by atoms with Crippen molar-refractivity contribution in [3.05, 3.63) is 81.3 Å². The van der Waals surface area contributed by atoms with Gasteiger partial charge in [-0.05, 0) is 48.7 Å². The minimum atomic E-state index is -0.277. The third-order valence-electron chi connectivity index (χ3n) is 5.10. The van der Waals surface area contributed by atoms with Gasteiger partial charge in [-0.15, -0.1) is 0 Å². The van der Waals surface area contributed by atoms with Gasteiger partial charge in [-0.25, -0.2) is 4.79 Å². The summed E-state index contributed by atoms with van der Waals surface area (Å²) in [5.74, 6) is 0. The maximum absolute atomic E-state index is 11.9. The maximum atomic E-state index is 11.9. The van der Waals surface area contributed by atoms with Crippen molar-refractivity contribution >= 4 is 21.9 Å². The number of rotatable bonds is 5. The predicted octanol–water partition coefficient (Wildman–Crippen LogP) is 3.20. The fourth-order valence-electron chi connectivity index (χ4n) is 3.51. The number of H-pyrrole nitrogens is 1. The lowest BCUT2D eigenvalue weighted by atomic mass is 10.0. The lowest BCUT2D eigenvalue weighted by Gasteiger charge is -2.07. The molecule has 0 spiro atoms. The largest absolute Gasteiger partial charge is 0.423 e. The van der Waals surface area contributed by atoms with Gasteiger partial charge in [0.1, 0.15) is 12.1 Å². The summed E-state index contributed by atoms with van der Waals surface area (Å²) in [6, 6.07) is 14.1. The Bertz CT molecular complexity index is 1140. The zero-order valence-corrected chi connectivity index (χ0v) is 15.1. The molecule has 0 aliphatic carbocycles. The number of para-hydroxylation sites is 1. The van der Waals surface area contributed by atoms with E-state index >= 15 is 0 Å². The van der Waals surface area contributed by atoms with Crippen LogP contribution >= 0.6 is 0 Å². The van der Waals surface area contributed by atoms with Crippen molar-refractivity contribution in [2.24, 2.45) is 0 Å². The molecule has 3 N–H and O–H groups in total. The van der Waals surface area contributed by atoms with Crippen molar-refractivity contribution in [3.63, 3.8) is 0 Å². The zero-order chi connectivity index (χ0) is 18.1. The number of aromatic amines is 1. The quantitative estimate of drug-likeness (QED) is 0.430. The van der Waals surface area contributed by atoms with Crippen LogP contribution in [-0.2, 0) is 13.0 Å². The highest BCUT2D eigenvalue weighted by Crippen LogP contribution is 2.21. The van der Waals surface area contributed by atoms with Gasteiger partial charge in [0, 0.05) is 40.5 Å². The van der Waals surface area contributed by atoms with Crippen molar-refractivity contribution in [2.75, 3.05) is 6.54 Å². The number of hydrogen-bond acceptors (Lipinski definition) is 2. The molecule has 4 heteroatoms. The van der Waals surface area contributed by atoms with Crippen LogP contribution in [-0.4, -0.2) is 11.5 Å². The van der Waals surface area contributed by atoms with Crippen LogP contribution in [0.1, 0.15) is 22.3 Å². The summed E-state index contributed by atoms with van der Waals surface area (Å²) in [7, 11) is 0. The van der Waals surface area contributed by atoms with Crippen LogP contribution in [0.4, 0.5) is 0 Å². The van der Waals surface area contributed by atoms with Crippen LogP contribution in [0.2, 0.25) is 0 Å². The van der Waals surface area contributed by atoms with E-state index in [9.17, 15) is 4.79 Å². The number of hydrogen-bond donors (Lipinski definition) is 2. The lowest BCUT2D eigenvalue weighted by molar-refractivity contribution is -0.669. The van der Waals surface area contributed by atoms with E-state index in [1.165, 1.54) is 22.0 Å². The molecule has 4 nitrogen and oxygen atoms in total. The van der Waals surface area contributed by atoms with E-state index in [0.717, 1.165) is 36.0 Å². The fourth-order valence-corrected chi connectivity index (χ4v) is 3.51.